The Labute approximate surface area is 135 Å². The van der Waals surface area contributed by atoms with Crippen molar-refractivity contribution in [3.8, 4) is 5.75 Å². The average molecular weight is 315 g/mol. The van der Waals surface area contributed by atoms with E-state index in [9.17, 15) is 9.90 Å². The molecular weight excluding hydrogens is 294 g/mol. The maximum absolute atomic E-state index is 12.4. The summed E-state index contributed by atoms with van der Waals surface area (Å²) in [4.78, 5) is 14.1. The number of rotatable bonds is 5. The van der Waals surface area contributed by atoms with Gasteiger partial charge in [-0.2, -0.15) is 5.10 Å². The van der Waals surface area contributed by atoms with Gasteiger partial charge in [0.1, 0.15) is 5.75 Å². The monoisotopic (exact) mass is 315 g/mol. The minimum absolute atomic E-state index is 0.0301. The first-order chi connectivity index (χ1) is 11.1. The van der Waals surface area contributed by atoms with Gasteiger partial charge in [-0.1, -0.05) is 6.07 Å². The lowest BCUT2D eigenvalue weighted by atomic mass is 10.1. The number of amides is 1. The molecule has 0 saturated heterocycles. The zero-order valence-electron chi connectivity index (χ0n) is 13.4. The molecule has 1 amide bonds. The van der Waals surface area contributed by atoms with Crippen LogP contribution in [0.5, 0.6) is 5.75 Å². The molecule has 1 atom stereocenters. The van der Waals surface area contributed by atoms with Crippen molar-refractivity contribution in [3.63, 3.8) is 0 Å². The molecule has 23 heavy (non-hydrogen) atoms. The molecule has 2 N–H and O–H groups in total. The molecular formula is C17H21N3O3. The highest BCUT2D eigenvalue weighted by molar-refractivity contribution is 5.77. The largest absolute Gasteiger partial charge is 0.493 e. The van der Waals surface area contributed by atoms with Crippen molar-refractivity contribution in [1.82, 2.24) is 15.1 Å². The van der Waals surface area contributed by atoms with E-state index in [0.29, 0.717) is 13.2 Å². The summed E-state index contributed by atoms with van der Waals surface area (Å²) in [5.74, 6) is 0.743. The Morgan fingerprint density at radius 2 is 2.26 bits per heavy atom. The highest BCUT2D eigenvalue weighted by Crippen LogP contribution is 2.32. The molecule has 1 aliphatic heterocycles. The van der Waals surface area contributed by atoms with Gasteiger partial charge in [-0.15, -0.1) is 0 Å². The lowest BCUT2D eigenvalue weighted by Gasteiger charge is -2.23. The summed E-state index contributed by atoms with van der Waals surface area (Å²) in [6, 6.07) is 5.59. The molecule has 122 valence electrons. The third kappa shape index (κ3) is 3.07. The van der Waals surface area contributed by atoms with Crippen LogP contribution in [-0.4, -0.2) is 39.3 Å². The molecule has 1 aromatic heterocycles. The van der Waals surface area contributed by atoms with Gasteiger partial charge in [0.25, 0.3) is 0 Å². The molecule has 6 nitrogen and oxygen atoms in total. The van der Waals surface area contributed by atoms with Gasteiger partial charge >= 0.3 is 0 Å². The van der Waals surface area contributed by atoms with Gasteiger partial charge < -0.3 is 14.7 Å². The van der Waals surface area contributed by atoms with E-state index in [1.54, 1.807) is 11.1 Å². The summed E-state index contributed by atoms with van der Waals surface area (Å²) in [7, 11) is 0. The van der Waals surface area contributed by atoms with Crippen LogP contribution in [0.25, 0.3) is 0 Å². The lowest BCUT2D eigenvalue weighted by Crippen LogP contribution is -2.32. The molecule has 3 rings (SSSR count). The van der Waals surface area contributed by atoms with Crippen molar-refractivity contribution in [2.75, 3.05) is 13.2 Å². The van der Waals surface area contributed by atoms with Crippen LogP contribution in [0.4, 0.5) is 0 Å². The van der Waals surface area contributed by atoms with E-state index in [1.807, 2.05) is 25.1 Å². The zero-order chi connectivity index (χ0) is 16.4. The van der Waals surface area contributed by atoms with Crippen LogP contribution < -0.4 is 4.74 Å². The molecule has 0 spiro atoms. The number of aromatic nitrogens is 2. The van der Waals surface area contributed by atoms with E-state index in [1.165, 1.54) is 11.1 Å². The van der Waals surface area contributed by atoms with Crippen molar-refractivity contribution < 1.29 is 14.6 Å². The molecule has 1 aliphatic rings. The summed E-state index contributed by atoms with van der Waals surface area (Å²) >= 11 is 0. The van der Waals surface area contributed by atoms with Gasteiger partial charge in [-0.3, -0.25) is 9.89 Å². The fourth-order valence-corrected chi connectivity index (χ4v) is 2.85. The minimum atomic E-state index is -0.308. The molecule has 0 aliphatic carbocycles. The fraction of sp³-hybridized carbons (Fsp3) is 0.412. The Bertz CT molecular complexity index is 711. The number of fused-ring (bicyclic) bond motifs is 1. The van der Waals surface area contributed by atoms with Gasteiger partial charge in [0, 0.05) is 5.56 Å². The predicted molar refractivity (Wildman–Crippen MR) is 85.0 cm³/mol. The molecule has 0 fully saturated rings. The first kappa shape index (κ1) is 15.6. The van der Waals surface area contributed by atoms with Gasteiger partial charge in [0.15, 0.2) is 0 Å². The van der Waals surface area contributed by atoms with E-state index < -0.39 is 0 Å². The lowest BCUT2D eigenvalue weighted by molar-refractivity contribution is -0.135. The third-order valence-electron chi connectivity index (χ3n) is 4.37. The predicted octanol–water partition coefficient (Wildman–Crippen LogP) is 1.87. The van der Waals surface area contributed by atoms with Crippen molar-refractivity contribution in [1.29, 1.82) is 0 Å². The quantitative estimate of drug-likeness (QED) is 0.883. The molecule has 1 unspecified atom stereocenters. The first-order valence-electron chi connectivity index (χ1n) is 7.72. The van der Waals surface area contributed by atoms with E-state index in [-0.39, 0.29) is 25.0 Å². The second kappa shape index (κ2) is 6.42. The molecule has 6 heteroatoms. The Morgan fingerprint density at radius 1 is 1.43 bits per heavy atom. The average Bonchev–Trinajstić information content (AvgIpc) is 3.11. The van der Waals surface area contributed by atoms with E-state index >= 15 is 0 Å². The van der Waals surface area contributed by atoms with Crippen LogP contribution in [0.15, 0.2) is 24.4 Å². The van der Waals surface area contributed by atoms with Gasteiger partial charge in [0.2, 0.25) is 5.91 Å². The van der Waals surface area contributed by atoms with Gasteiger partial charge in [-0.25, -0.2) is 0 Å². The molecule has 0 saturated carbocycles. The van der Waals surface area contributed by atoms with Crippen LogP contribution in [0.2, 0.25) is 0 Å². The Kier molecular flexibility index (Phi) is 4.34. The highest BCUT2D eigenvalue weighted by Gasteiger charge is 2.34. The summed E-state index contributed by atoms with van der Waals surface area (Å²) in [5.41, 5.74) is 4.18. The number of nitrogens with one attached hydrogen (secondary N) is 1. The number of aliphatic hydroxyl groups is 1. The number of hydrogen-bond acceptors (Lipinski definition) is 4. The van der Waals surface area contributed by atoms with Crippen LogP contribution in [0, 0.1) is 13.8 Å². The molecule has 0 bridgehead atoms. The summed E-state index contributed by atoms with van der Waals surface area (Å²) in [6.45, 7) is 4.77. The molecule has 2 heterocycles. The number of hydrogen-bond donors (Lipinski definition) is 2. The normalized spacial score (nSPS) is 16.5. The molecule has 1 aromatic carbocycles. The Hall–Kier alpha value is -2.34. The molecule has 0 radical (unpaired) electrons. The standard InChI is InChI=1S/C17H21N3O3/c1-11-3-4-13(7-12(11)2)23-6-5-17(22)20-9-15-14(8-18-19-15)16(20)10-21/h3-4,7-8,16,21H,5-6,9-10H2,1-2H3,(H,18,19). The van der Waals surface area contributed by atoms with E-state index in [4.69, 9.17) is 4.74 Å². The van der Waals surface area contributed by atoms with Crippen molar-refractivity contribution >= 4 is 5.91 Å². The maximum atomic E-state index is 12.4. The number of ether oxygens (including phenoxy) is 1. The fourth-order valence-electron chi connectivity index (χ4n) is 2.85. The number of carbonyl (C=O) groups excluding carboxylic acids is 1. The number of nitrogens with zero attached hydrogens (tertiary/aromatic N) is 2. The van der Waals surface area contributed by atoms with Crippen LogP contribution in [0.1, 0.15) is 34.8 Å². The zero-order valence-corrected chi connectivity index (χ0v) is 13.4. The Balaban J connectivity index is 1.55. The number of aryl methyl sites for hydroxylation is 2. The van der Waals surface area contributed by atoms with Crippen LogP contribution in [0.3, 0.4) is 0 Å². The second-order valence-corrected chi connectivity index (χ2v) is 5.87. The van der Waals surface area contributed by atoms with Gasteiger partial charge in [-0.05, 0) is 37.1 Å². The Morgan fingerprint density at radius 3 is 3.00 bits per heavy atom. The van der Waals surface area contributed by atoms with Crippen LogP contribution >= 0.6 is 0 Å². The van der Waals surface area contributed by atoms with Crippen LogP contribution in [-0.2, 0) is 11.3 Å². The number of aliphatic hydroxyl groups excluding tert-OH is 1. The smallest absolute Gasteiger partial charge is 0.226 e. The summed E-state index contributed by atoms with van der Waals surface area (Å²) in [6.07, 6.45) is 1.95. The highest BCUT2D eigenvalue weighted by atomic mass is 16.5. The number of H-pyrrole nitrogens is 1. The SMILES string of the molecule is Cc1ccc(OCCC(=O)N2Cc3[nH]ncc3C2CO)cc1C. The topological polar surface area (TPSA) is 78.5 Å². The maximum Gasteiger partial charge on any atom is 0.226 e. The summed E-state index contributed by atoms with van der Waals surface area (Å²) < 4.78 is 5.67. The van der Waals surface area contributed by atoms with Gasteiger partial charge in [0.05, 0.1) is 44.1 Å². The third-order valence-corrected chi connectivity index (χ3v) is 4.37. The van der Waals surface area contributed by atoms with Crippen molar-refractivity contribution in [3.05, 3.63) is 46.8 Å². The first-order valence-corrected chi connectivity index (χ1v) is 7.72. The van der Waals surface area contributed by atoms with E-state index in [2.05, 4.69) is 17.1 Å². The van der Waals surface area contributed by atoms with Crippen molar-refractivity contribution in [2.45, 2.75) is 32.9 Å². The molecule has 2 aromatic rings. The minimum Gasteiger partial charge on any atom is -0.493 e. The van der Waals surface area contributed by atoms with E-state index in [0.717, 1.165) is 17.0 Å². The van der Waals surface area contributed by atoms with Crippen molar-refractivity contribution in [2.24, 2.45) is 0 Å². The number of benzene rings is 1. The summed E-state index contributed by atoms with van der Waals surface area (Å²) in [5, 5.41) is 16.4. The second-order valence-electron chi connectivity index (χ2n) is 5.87. The number of aromatic amines is 1. The number of carbonyl (C=O) groups is 1.